The molecule has 5 heteroatoms. The molecule has 4 rings (SSSR count). The molecule has 0 radical (unpaired) electrons. The molecule has 0 bridgehead atoms. The Labute approximate surface area is 129 Å². The van der Waals surface area contributed by atoms with Crippen molar-refractivity contribution in [2.45, 2.75) is 31.3 Å². The van der Waals surface area contributed by atoms with Crippen LogP contribution in [0.1, 0.15) is 40.6 Å². The summed E-state index contributed by atoms with van der Waals surface area (Å²) in [6, 6.07) is 10.6. The van der Waals surface area contributed by atoms with E-state index in [0.717, 1.165) is 25.3 Å². The van der Waals surface area contributed by atoms with Gasteiger partial charge in [0.15, 0.2) is 5.82 Å². The lowest BCUT2D eigenvalue weighted by Crippen LogP contribution is -2.58. The highest BCUT2D eigenvalue weighted by atomic mass is 16.2. The molecular weight excluding hydrogens is 276 g/mol. The number of H-pyrrole nitrogens is 1. The number of aromatic nitrogens is 2. The summed E-state index contributed by atoms with van der Waals surface area (Å²) in [5.41, 5.74) is 2.41. The molecule has 2 aromatic rings. The number of carbonyl (C=O) groups excluding carboxylic acids is 1. The minimum absolute atomic E-state index is 0.0868. The zero-order valence-electron chi connectivity index (χ0n) is 12.5. The molecule has 114 valence electrons. The molecule has 22 heavy (non-hydrogen) atoms. The largest absolute Gasteiger partial charge is 0.344 e. The Morgan fingerprint density at radius 1 is 1.27 bits per heavy atom. The third-order valence-electron chi connectivity index (χ3n) is 4.37. The highest BCUT2D eigenvalue weighted by molar-refractivity contribution is 5.90. The number of hydrogen-bond donors (Lipinski definition) is 2. The van der Waals surface area contributed by atoms with Crippen LogP contribution in [0.15, 0.2) is 36.5 Å². The van der Waals surface area contributed by atoms with Crippen molar-refractivity contribution in [2.75, 3.05) is 13.1 Å². The highest BCUT2D eigenvalue weighted by Crippen LogP contribution is 2.38. The first-order valence-corrected chi connectivity index (χ1v) is 7.90. The first kappa shape index (κ1) is 13.5. The fourth-order valence-corrected chi connectivity index (χ4v) is 2.94. The van der Waals surface area contributed by atoms with Gasteiger partial charge in [0, 0.05) is 37.4 Å². The second-order valence-corrected chi connectivity index (χ2v) is 6.31. The van der Waals surface area contributed by atoms with E-state index in [2.05, 4.69) is 44.5 Å². The van der Waals surface area contributed by atoms with Gasteiger partial charge in [0.2, 0.25) is 0 Å². The molecule has 2 aliphatic rings. The third-order valence-corrected chi connectivity index (χ3v) is 4.37. The van der Waals surface area contributed by atoms with Crippen molar-refractivity contribution in [1.29, 1.82) is 0 Å². The normalized spacial score (nSPS) is 18.9. The van der Waals surface area contributed by atoms with E-state index in [0.29, 0.717) is 11.7 Å². The van der Waals surface area contributed by atoms with Crippen LogP contribution in [0.4, 0.5) is 0 Å². The van der Waals surface area contributed by atoms with E-state index in [-0.39, 0.29) is 11.9 Å². The van der Waals surface area contributed by atoms with Gasteiger partial charge in [-0.2, -0.15) is 0 Å². The molecule has 1 amide bonds. The maximum absolute atomic E-state index is 12.1. The first-order valence-electron chi connectivity index (χ1n) is 7.90. The van der Waals surface area contributed by atoms with Crippen LogP contribution in [0.5, 0.6) is 0 Å². The van der Waals surface area contributed by atoms with Crippen molar-refractivity contribution in [2.24, 2.45) is 0 Å². The second-order valence-electron chi connectivity index (χ2n) is 6.31. The van der Waals surface area contributed by atoms with Gasteiger partial charge in [-0.15, -0.1) is 0 Å². The quantitative estimate of drug-likeness (QED) is 0.886. The summed E-state index contributed by atoms with van der Waals surface area (Å²) in [5.74, 6) is 0.957. The van der Waals surface area contributed by atoms with Crippen LogP contribution in [0.3, 0.4) is 0 Å². The fraction of sp³-hybridized carbons (Fsp3) is 0.412. The Balaban J connectivity index is 1.25. The molecule has 0 unspecified atom stereocenters. The molecule has 1 aromatic carbocycles. The van der Waals surface area contributed by atoms with Crippen molar-refractivity contribution in [3.63, 3.8) is 0 Å². The summed E-state index contributed by atoms with van der Waals surface area (Å²) in [4.78, 5) is 21.8. The molecule has 1 aliphatic heterocycles. The van der Waals surface area contributed by atoms with Crippen LogP contribution in [0, 0.1) is 0 Å². The number of imidazole rings is 1. The van der Waals surface area contributed by atoms with Crippen LogP contribution in [-0.2, 0) is 6.54 Å². The van der Waals surface area contributed by atoms with Crippen LogP contribution < -0.4 is 5.32 Å². The second kappa shape index (κ2) is 5.57. The lowest BCUT2D eigenvalue weighted by Gasteiger charge is -2.39. The van der Waals surface area contributed by atoms with Crippen LogP contribution in [0.2, 0.25) is 0 Å². The number of amides is 1. The topological polar surface area (TPSA) is 61.0 Å². The number of nitrogens with zero attached hydrogens (tertiary/aromatic N) is 2. The molecule has 1 aromatic heterocycles. The molecule has 1 saturated carbocycles. The van der Waals surface area contributed by atoms with E-state index < -0.39 is 0 Å². The summed E-state index contributed by atoms with van der Waals surface area (Å²) in [6.45, 7) is 2.74. The summed E-state index contributed by atoms with van der Waals surface area (Å²) in [7, 11) is 0. The first-order chi connectivity index (χ1) is 10.8. The van der Waals surface area contributed by atoms with Gasteiger partial charge in [0.05, 0.1) is 6.04 Å². The van der Waals surface area contributed by atoms with Crippen LogP contribution in [-0.4, -0.2) is 39.9 Å². The van der Waals surface area contributed by atoms with Crippen molar-refractivity contribution in [1.82, 2.24) is 20.2 Å². The van der Waals surface area contributed by atoms with Crippen molar-refractivity contribution < 1.29 is 4.79 Å². The third kappa shape index (κ3) is 2.90. The Kier molecular flexibility index (Phi) is 3.42. The van der Waals surface area contributed by atoms with Gasteiger partial charge in [-0.05, 0) is 18.4 Å². The molecule has 2 fully saturated rings. The average molecular weight is 296 g/mol. The number of carbonyl (C=O) groups is 1. The van der Waals surface area contributed by atoms with Crippen molar-refractivity contribution in [3.8, 4) is 0 Å². The van der Waals surface area contributed by atoms with E-state index in [9.17, 15) is 4.79 Å². The number of rotatable bonds is 5. The van der Waals surface area contributed by atoms with Gasteiger partial charge in [0.25, 0.3) is 5.91 Å². The summed E-state index contributed by atoms with van der Waals surface area (Å²) < 4.78 is 0. The van der Waals surface area contributed by atoms with E-state index in [1.54, 1.807) is 6.20 Å². The highest BCUT2D eigenvalue weighted by Gasteiger charge is 2.30. The summed E-state index contributed by atoms with van der Waals surface area (Å²) in [5, 5.41) is 3.05. The zero-order valence-corrected chi connectivity index (χ0v) is 12.5. The molecule has 0 atom stereocenters. The van der Waals surface area contributed by atoms with E-state index in [1.165, 1.54) is 18.4 Å². The SMILES string of the molecule is O=C(NC1CN(Cc2ccccc2)C1)c1ncc(C2CC2)[nH]1. The van der Waals surface area contributed by atoms with Gasteiger partial charge in [-0.3, -0.25) is 9.69 Å². The minimum atomic E-state index is -0.0868. The molecule has 0 spiro atoms. The van der Waals surface area contributed by atoms with E-state index in [4.69, 9.17) is 0 Å². The van der Waals surface area contributed by atoms with Gasteiger partial charge in [0.1, 0.15) is 0 Å². The molecular formula is C17H20N4O. The maximum atomic E-state index is 12.1. The molecule has 1 saturated heterocycles. The monoisotopic (exact) mass is 296 g/mol. The standard InChI is InChI=1S/C17H20N4O/c22-17(16-18-8-15(20-16)13-6-7-13)19-14-10-21(11-14)9-12-4-2-1-3-5-12/h1-5,8,13-14H,6-7,9-11H2,(H,18,20)(H,19,22). The van der Waals surface area contributed by atoms with Crippen molar-refractivity contribution in [3.05, 3.63) is 53.6 Å². The smallest absolute Gasteiger partial charge is 0.287 e. The number of nitrogens with one attached hydrogen (secondary N) is 2. The van der Waals surface area contributed by atoms with E-state index in [1.807, 2.05) is 6.07 Å². The number of benzene rings is 1. The zero-order chi connectivity index (χ0) is 14.9. The van der Waals surface area contributed by atoms with Gasteiger partial charge in [-0.1, -0.05) is 30.3 Å². The maximum Gasteiger partial charge on any atom is 0.287 e. The predicted octanol–water partition coefficient (Wildman–Crippen LogP) is 1.90. The van der Waals surface area contributed by atoms with Gasteiger partial charge in [-0.25, -0.2) is 4.98 Å². The molecule has 5 nitrogen and oxygen atoms in total. The Bertz CT molecular complexity index is 656. The van der Waals surface area contributed by atoms with Gasteiger partial charge >= 0.3 is 0 Å². The predicted molar refractivity (Wildman–Crippen MR) is 83.5 cm³/mol. The van der Waals surface area contributed by atoms with Crippen molar-refractivity contribution >= 4 is 5.91 Å². The summed E-state index contributed by atoms with van der Waals surface area (Å²) in [6.07, 6.45) is 4.22. The Hall–Kier alpha value is -2.14. The van der Waals surface area contributed by atoms with Crippen LogP contribution >= 0.6 is 0 Å². The number of hydrogen-bond acceptors (Lipinski definition) is 3. The lowest BCUT2D eigenvalue weighted by molar-refractivity contribution is 0.0786. The molecule has 1 aliphatic carbocycles. The number of aromatic amines is 1. The summed E-state index contributed by atoms with van der Waals surface area (Å²) >= 11 is 0. The lowest BCUT2D eigenvalue weighted by atomic mass is 10.1. The minimum Gasteiger partial charge on any atom is -0.344 e. The Morgan fingerprint density at radius 3 is 2.77 bits per heavy atom. The fourth-order valence-electron chi connectivity index (χ4n) is 2.94. The average Bonchev–Trinajstić information content (AvgIpc) is 3.23. The van der Waals surface area contributed by atoms with E-state index >= 15 is 0 Å². The van der Waals surface area contributed by atoms with Crippen LogP contribution in [0.25, 0.3) is 0 Å². The molecule has 2 heterocycles. The van der Waals surface area contributed by atoms with Gasteiger partial charge < -0.3 is 10.3 Å². The molecule has 2 N–H and O–H groups in total. The number of likely N-dealkylation sites (tertiary alicyclic amines) is 1. The Morgan fingerprint density at radius 2 is 2.05 bits per heavy atom.